The second-order valence-corrected chi connectivity index (χ2v) is 7.74. The number of benzene rings is 1. The molecule has 6 nitrogen and oxygen atoms in total. The molecule has 1 aliphatic carbocycles. The van der Waals surface area contributed by atoms with E-state index in [9.17, 15) is 19.8 Å². The minimum absolute atomic E-state index is 0.0227. The summed E-state index contributed by atoms with van der Waals surface area (Å²) in [6.07, 6.45) is 1.76. The summed E-state index contributed by atoms with van der Waals surface area (Å²) in [5.74, 6) is -0.773. The third kappa shape index (κ3) is 2.78. The Morgan fingerprint density at radius 1 is 1.31 bits per heavy atom. The number of fused-ring (bicyclic) bond motifs is 1. The quantitative estimate of drug-likeness (QED) is 0.878. The number of likely N-dealkylation sites (tertiary alicyclic amines) is 1. The van der Waals surface area contributed by atoms with E-state index in [1.54, 1.807) is 6.07 Å². The molecule has 2 fully saturated rings. The lowest BCUT2D eigenvalue weighted by Gasteiger charge is -2.43. The lowest BCUT2D eigenvalue weighted by atomic mass is 9.73. The number of aliphatic hydroxyl groups excluding tert-OH is 1. The van der Waals surface area contributed by atoms with Crippen LogP contribution < -0.4 is 0 Å². The number of amides is 1. The highest BCUT2D eigenvalue weighted by molar-refractivity contribution is 5.97. The standard InChI is InChI=1S/C20H23NO5/c1-12-3-2-4-14-9-15(26-17(12)14)18(23)21-8-7-16(22)20(11-21,19(24)25)10-13-5-6-13/h2-4,9,13,16,22H,5-8,10-11H2,1H3,(H,24,25)/t16-,20+/m0/s1. The zero-order valence-corrected chi connectivity index (χ0v) is 14.8. The fourth-order valence-corrected chi connectivity index (χ4v) is 4.06. The molecule has 2 N–H and O–H groups in total. The second-order valence-electron chi connectivity index (χ2n) is 7.74. The molecule has 1 amide bonds. The van der Waals surface area contributed by atoms with Gasteiger partial charge in [-0.2, -0.15) is 0 Å². The maximum Gasteiger partial charge on any atom is 0.314 e. The van der Waals surface area contributed by atoms with Crippen molar-refractivity contribution < 1.29 is 24.2 Å². The average molecular weight is 357 g/mol. The number of carbonyl (C=O) groups is 2. The van der Waals surface area contributed by atoms with Gasteiger partial charge < -0.3 is 19.5 Å². The number of para-hydroxylation sites is 1. The van der Waals surface area contributed by atoms with E-state index in [4.69, 9.17) is 4.42 Å². The van der Waals surface area contributed by atoms with Crippen molar-refractivity contribution >= 4 is 22.8 Å². The van der Waals surface area contributed by atoms with Crippen molar-refractivity contribution in [3.63, 3.8) is 0 Å². The van der Waals surface area contributed by atoms with Gasteiger partial charge in [-0.15, -0.1) is 0 Å². The Morgan fingerprint density at radius 2 is 2.08 bits per heavy atom. The average Bonchev–Trinajstić information content (AvgIpc) is 3.31. The Kier molecular flexibility index (Phi) is 4.03. The first kappa shape index (κ1) is 17.1. The summed E-state index contributed by atoms with van der Waals surface area (Å²) in [5, 5.41) is 21.1. The Bertz CT molecular complexity index is 868. The first-order valence-electron chi connectivity index (χ1n) is 9.10. The molecule has 2 aromatic rings. The highest BCUT2D eigenvalue weighted by Gasteiger charge is 2.52. The van der Waals surface area contributed by atoms with Crippen molar-refractivity contribution in [2.75, 3.05) is 13.1 Å². The fraction of sp³-hybridized carbons (Fsp3) is 0.500. The topological polar surface area (TPSA) is 91.0 Å². The predicted molar refractivity (Wildman–Crippen MR) is 94.9 cm³/mol. The van der Waals surface area contributed by atoms with Crippen molar-refractivity contribution in [1.82, 2.24) is 4.90 Å². The summed E-state index contributed by atoms with van der Waals surface area (Å²) in [6, 6.07) is 7.42. The number of carbonyl (C=O) groups excluding carboxylic acids is 1. The number of aliphatic carboxylic acids is 1. The highest BCUT2D eigenvalue weighted by Crippen LogP contribution is 2.45. The van der Waals surface area contributed by atoms with E-state index in [0.717, 1.165) is 23.8 Å². The van der Waals surface area contributed by atoms with Crippen LogP contribution in [0.15, 0.2) is 28.7 Å². The van der Waals surface area contributed by atoms with Crippen LogP contribution in [0.2, 0.25) is 0 Å². The SMILES string of the molecule is Cc1cccc2cc(C(=O)N3CC[C@H](O)[C@](CC4CC4)(C(=O)O)C3)oc12. The maximum atomic E-state index is 13.0. The number of aliphatic hydroxyl groups is 1. The summed E-state index contributed by atoms with van der Waals surface area (Å²) < 4.78 is 5.76. The van der Waals surface area contributed by atoms with Gasteiger partial charge in [-0.1, -0.05) is 31.0 Å². The molecule has 4 rings (SSSR count). The zero-order chi connectivity index (χ0) is 18.5. The molecule has 2 aliphatic rings. The number of furan rings is 1. The van der Waals surface area contributed by atoms with Crippen LogP contribution in [0.1, 0.15) is 41.8 Å². The van der Waals surface area contributed by atoms with Gasteiger partial charge in [0.15, 0.2) is 5.76 Å². The second kappa shape index (κ2) is 6.13. The molecule has 6 heteroatoms. The molecule has 1 saturated heterocycles. The molecule has 2 atom stereocenters. The van der Waals surface area contributed by atoms with Crippen molar-refractivity contribution in [2.24, 2.45) is 11.3 Å². The summed E-state index contributed by atoms with van der Waals surface area (Å²) in [6.45, 7) is 2.27. The van der Waals surface area contributed by atoms with Crippen molar-refractivity contribution in [2.45, 2.75) is 38.7 Å². The van der Waals surface area contributed by atoms with Crippen molar-refractivity contribution in [3.8, 4) is 0 Å². The van der Waals surface area contributed by atoms with E-state index >= 15 is 0 Å². The number of carboxylic acid groups (broad SMARTS) is 1. The molecule has 1 saturated carbocycles. The zero-order valence-electron chi connectivity index (χ0n) is 14.8. The van der Waals surface area contributed by atoms with Crippen LogP contribution >= 0.6 is 0 Å². The smallest absolute Gasteiger partial charge is 0.314 e. The van der Waals surface area contributed by atoms with E-state index in [1.807, 2.05) is 25.1 Å². The lowest BCUT2D eigenvalue weighted by molar-refractivity contribution is -0.163. The number of rotatable bonds is 4. The van der Waals surface area contributed by atoms with E-state index < -0.39 is 17.5 Å². The number of hydrogen-bond acceptors (Lipinski definition) is 4. The first-order valence-corrected chi connectivity index (χ1v) is 9.10. The molecular weight excluding hydrogens is 334 g/mol. The van der Waals surface area contributed by atoms with Crippen molar-refractivity contribution in [3.05, 3.63) is 35.6 Å². The minimum Gasteiger partial charge on any atom is -0.481 e. The van der Waals surface area contributed by atoms with Gasteiger partial charge in [0.05, 0.1) is 6.10 Å². The van der Waals surface area contributed by atoms with Crippen LogP contribution in [0.5, 0.6) is 0 Å². The molecule has 1 aromatic carbocycles. The van der Waals surface area contributed by atoms with Crippen LogP contribution in [0, 0.1) is 18.3 Å². The van der Waals surface area contributed by atoms with E-state index in [1.165, 1.54) is 4.90 Å². The van der Waals surface area contributed by atoms with Gasteiger partial charge in [0.2, 0.25) is 0 Å². The van der Waals surface area contributed by atoms with Gasteiger partial charge >= 0.3 is 5.97 Å². The number of hydrogen-bond donors (Lipinski definition) is 2. The Balaban J connectivity index is 1.62. The van der Waals surface area contributed by atoms with Crippen LogP contribution in [0.4, 0.5) is 0 Å². The maximum absolute atomic E-state index is 13.0. The minimum atomic E-state index is -1.28. The van der Waals surface area contributed by atoms with E-state index in [-0.39, 0.29) is 24.6 Å². The Hall–Kier alpha value is -2.34. The van der Waals surface area contributed by atoms with Crippen LogP contribution in [0.3, 0.4) is 0 Å². The monoisotopic (exact) mass is 357 g/mol. The van der Waals surface area contributed by atoms with Crippen LogP contribution in [-0.4, -0.2) is 46.2 Å². The summed E-state index contributed by atoms with van der Waals surface area (Å²) in [5.41, 5.74) is 0.344. The van der Waals surface area contributed by atoms with Gasteiger partial charge in [-0.05, 0) is 37.3 Å². The third-order valence-electron chi connectivity index (χ3n) is 5.80. The van der Waals surface area contributed by atoms with E-state index in [2.05, 4.69) is 0 Å². The first-order chi connectivity index (χ1) is 12.4. The van der Waals surface area contributed by atoms with E-state index in [0.29, 0.717) is 24.5 Å². The normalized spacial score (nSPS) is 26.2. The number of carboxylic acids is 1. The highest BCUT2D eigenvalue weighted by atomic mass is 16.4. The molecule has 2 heterocycles. The number of piperidine rings is 1. The molecule has 138 valence electrons. The van der Waals surface area contributed by atoms with Gasteiger partial charge in [0, 0.05) is 18.5 Å². The number of aryl methyl sites for hydroxylation is 1. The Morgan fingerprint density at radius 3 is 2.73 bits per heavy atom. The largest absolute Gasteiger partial charge is 0.481 e. The summed E-state index contributed by atoms with van der Waals surface area (Å²) in [7, 11) is 0. The van der Waals surface area contributed by atoms with Crippen LogP contribution in [0.25, 0.3) is 11.0 Å². The molecule has 1 aliphatic heterocycles. The fourth-order valence-electron chi connectivity index (χ4n) is 4.06. The molecule has 0 unspecified atom stereocenters. The molecular formula is C20H23NO5. The summed E-state index contributed by atoms with van der Waals surface area (Å²) >= 11 is 0. The molecule has 1 aromatic heterocycles. The van der Waals surface area contributed by atoms with Gasteiger partial charge in [0.25, 0.3) is 5.91 Å². The summed E-state index contributed by atoms with van der Waals surface area (Å²) in [4.78, 5) is 26.5. The van der Waals surface area contributed by atoms with Gasteiger partial charge in [0.1, 0.15) is 11.0 Å². The lowest BCUT2D eigenvalue weighted by Crippen LogP contribution is -2.57. The molecule has 0 bridgehead atoms. The van der Waals surface area contributed by atoms with Gasteiger partial charge in [-0.25, -0.2) is 0 Å². The van der Waals surface area contributed by atoms with Crippen LogP contribution in [-0.2, 0) is 4.79 Å². The molecule has 0 radical (unpaired) electrons. The Labute approximate surface area is 151 Å². The van der Waals surface area contributed by atoms with Gasteiger partial charge in [-0.3, -0.25) is 9.59 Å². The van der Waals surface area contributed by atoms with Crippen molar-refractivity contribution in [1.29, 1.82) is 0 Å². The predicted octanol–water partition coefficient (Wildman–Crippen LogP) is 2.82. The molecule has 26 heavy (non-hydrogen) atoms. The third-order valence-corrected chi connectivity index (χ3v) is 5.80. The number of nitrogens with zero attached hydrogens (tertiary/aromatic N) is 1. The molecule has 0 spiro atoms.